The lowest BCUT2D eigenvalue weighted by Gasteiger charge is -2.26. The van der Waals surface area contributed by atoms with Gasteiger partial charge in [-0.25, -0.2) is 4.79 Å². The second-order valence-electron chi connectivity index (χ2n) is 6.77. The van der Waals surface area contributed by atoms with Crippen molar-refractivity contribution in [1.29, 1.82) is 0 Å². The molecule has 0 unspecified atom stereocenters. The Bertz CT molecular complexity index is 411. The van der Waals surface area contributed by atoms with Gasteiger partial charge in [-0.2, -0.15) is 0 Å². The largest absolute Gasteiger partial charge is 0.467 e. The average Bonchev–Trinajstić information content (AvgIpc) is 3.20. The molecule has 2 aliphatic carbocycles. The minimum absolute atomic E-state index is 0.0153. The Hall–Kier alpha value is -1.10. The highest BCUT2D eigenvalue weighted by atomic mass is 16.5. The molecule has 0 spiro atoms. The van der Waals surface area contributed by atoms with E-state index in [0.29, 0.717) is 24.9 Å². The van der Waals surface area contributed by atoms with E-state index in [1.165, 1.54) is 39.2 Å². The zero-order valence-electron chi connectivity index (χ0n) is 12.7. The van der Waals surface area contributed by atoms with Crippen LogP contribution in [-0.2, 0) is 19.1 Å². The van der Waals surface area contributed by atoms with E-state index in [1.54, 1.807) is 0 Å². The first kappa shape index (κ1) is 14.8. The lowest BCUT2D eigenvalue weighted by Crippen LogP contribution is -2.56. The van der Waals surface area contributed by atoms with Crippen molar-refractivity contribution in [2.75, 3.05) is 20.3 Å². The molecule has 0 aromatic rings. The molecule has 0 aromatic heterocycles. The summed E-state index contributed by atoms with van der Waals surface area (Å²) >= 11 is 0. The molecule has 0 radical (unpaired) electrons. The minimum Gasteiger partial charge on any atom is -0.467 e. The number of nitrogens with one attached hydrogen (secondary N) is 1. The molecule has 0 aromatic carbocycles. The van der Waals surface area contributed by atoms with E-state index < -0.39 is 5.54 Å². The van der Waals surface area contributed by atoms with Crippen LogP contribution < -0.4 is 5.32 Å². The van der Waals surface area contributed by atoms with Crippen molar-refractivity contribution in [3.05, 3.63) is 0 Å². The van der Waals surface area contributed by atoms with Crippen LogP contribution in [0.5, 0.6) is 0 Å². The summed E-state index contributed by atoms with van der Waals surface area (Å²) in [5.41, 5.74) is -0.953. The van der Waals surface area contributed by atoms with Crippen LogP contribution in [0.2, 0.25) is 0 Å². The van der Waals surface area contributed by atoms with E-state index in [0.717, 1.165) is 6.42 Å². The summed E-state index contributed by atoms with van der Waals surface area (Å²) in [6.07, 6.45) is 7.95. The molecular weight excluding hydrogens is 270 g/mol. The summed E-state index contributed by atoms with van der Waals surface area (Å²) in [6.45, 7) is 0.721. The molecule has 21 heavy (non-hydrogen) atoms. The molecule has 1 aliphatic heterocycles. The predicted molar refractivity (Wildman–Crippen MR) is 76.5 cm³/mol. The zero-order valence-corrected chi connectivity index (χ0v) is 12.7. The minimum atomic E-state index is -0.953. The number of hydrogen-bond acceptors (Lipinski definition) is 4. The number of carbonyl (C=O) groups excluding carboxylic acids is 2. The van der Waals surface area contributed by atoms with Crippen molar-refractivity contribution in [3.63, 3.8) is 0 Å². The summed E-state index contributed by atoms with van der Waals surface area (Å²) in [7, 11) is 1.36. The Morgan fingerprint density at radius 2 is 2.00 bits per heavy atom. The maximum absolute atomic E-state index is 12.5. The first-order valence-electron chi connectivity index (χ1n) is 8.14. The van der Waals surface area contributed by atoms with Crippen LogP contribution in [0.15, 0.2) is 0 Å². The van der Waals surface area contributed by atoms with Crippen LogP contribution >= 0.6 is 0 Å². The topological polar surface area (TPSA) is 64.6 Å². The molecule has 3 aliphatic rings. The Morgan fingerprint density at radius 1 is 1.24 bits per heavy atom. The second kappa shape index (κ2) is 5.95. The molecule has 2 saturated carbocycles. The predicted octanol–water partition coefficient (Wildman–Crippen LogP) is 1.65. The summed E-state index contributed by atoms with van der Waals surface area (Å²) in [5.74, 6) is 0.964. The lowest BCUT2D eigenvalue weighted by atomic mass is 9.85. The van der Waals surface area contributed by atoms with Gasteiger partial charge in [-0.15, -0.1) is 0 Å². The number of hydrogen-bond donors (Lipinski definition) is 1. The van der Waals surface area contributed by atoms with Crippen molar-refractivity contribution in [3.8, 4) is 0 Å². The van der Waals surface area contributed by atoms with Crippen molar-refractivity contribution >= 4 is 11.9 Å². The third-order valence-corrected chi connectivity index (χ3v) is 5.39. The molecular formula is C16H25NO4. The fourth-order valence-corrected chi connectivity index (χ4v) is 4.00. The van der Waals surface area contributed by atoms with E-state index in [2.05, 4.69) is 5.32 Å². The first-order chi connectivity index (χ1) is 10.2. The van der Waals surface area contributed by atoms with Gasteiger partial charge in [0.25, 0.3) is 0 Å². The molecule has 118 valence electrons. The van der Waals surface area contributed by atoms with Gasteiger partial charge in [0.2, 0.25) is 5.91 Å². The fraction of sp³-hybridized carbons (Fsp3) is 0.875. The van der Waals surface area contributed by atoms with Crippen LogP contribution in [0.1, 0.15) is 44.9 Å². The quantitative estimate of drug-likeness (QED) is 0.801. The van der Waals surface area contributed by atoms with E-state index in [-0.39, 0.29) is 24.4 Å². The third-order valence-electron chi connectivity index (χ3n) is 5.39. The zero-order chi connectivity index (χ0) is 14.9. The molecule has 1 amide bonds. The Morgan fingerprint density at radius 3 is 2.62 bits per heavy atom. The third kappa shape index (κ3) is 2.93. The SMILES string of the molecule is COC(=O)[C@]1(NC(=O)[C@H]2C[C@@H]2C2CCCCC2)CCOC1. The summed E-state index contributed by atoms with van der Waals surface area (Å²) < 4.78 is 10.2. The maximum Gasteiger partial charge on any atom is 0.334 e. The Labute approximate surface area is 125 Å². The number of rotatable bonds is 4. The normalized spacial score (nSPS) is 36.2. The van der Waals surface area contributed by atoms with E-state index in [4.69, 9.17) is 9.47 Å². The van der Waals surface area contributed by atoms with Gasteiger partial charge in [0, 0.05) is 18.9 Å². The van der Waals surface area contributed by atoms with Gasteiger partial charge in [-0.05, 0) is 18.3 Å². The highest BCUT2D eigenvalue weighted by molar-refractivity contribution is 5.90. The summed E-state index contributed by atoms with van der Waals surface area (Å²) in [6, 6.07) is 0. The summed E-state index contributed by atoms with van der Waals surface area (Å²) in [5, 5.41) is 2.94. The Balaban J connectivity index is 1.57. The summed E-state index contributed by atoms with van der Waals surface area (Å²) in [4.78, 5) is 24.4. The molecule has 1 heterocycles. The van der Waals surface area contributed by atoms with Gasteiger partial charge >= 0.3 is 5.97 Å². The standard InChI is InChI=1S/C16H25NO4/c1-20-15(19)16(7-8-21-10-16)17-14(18)13-9-12(13)11-5-3-2-4-6-11/h11-13H,2-10H2,1H3,(H,17,18)/t12-,13+,16+/m1/s1. The monoisotopic (exact) mass is 295 g/mol. The van der Waals surface area contributed by atoms with Crippen LogP contribution in [0.4, 0.5) is 0 Å². The van der Waals surface area contributed by atoms with Crippen LogP contribution in [0, 0.1) is 17.8 Å². The molecule has 5 nitrogen and oxygen atoms in total. The molecule has 3 rings (SSSR count). The van der Waals surface area contributed by atoms with Gasteiger partial charge in [-0.1, -0.05) is 32.1 Å². The molecule has 3 atom stereocenters. The molecule has 5 heteroatoms. The number of carbonyl (C=O) groups is 2. The number of amides is 1. The van der Waals surface area contributed by atoms with Crippen LogP contribution in [0.25, 0.3) is 0 Å². The Kier molecular flexibility index (Phi) is 4.20. The maximum atomic E-state index is 12.5. The number of methoxy groups -OCH3 is 1. The smallest absolute Gasteiger partial charge is 0.334 e. The van der Waals surface area contributed by atoms with Gasteiger partial charge in [0.15, 0.2) is 5.54 Å². The number of ether oxygens (including phenoxy) is 2. The van der Waals surface area contributed by atoms with E-state index >= 15 is 0 Å². The fourth-order valence-electron chi connectivity index (χ4n) is 4.00. The van der Waals surface area contributed by atoms with Crippen molar-refractivity contribution in [2.45, 2.75) is 50.5 Å². The van der Waals surface area contributed by atoms with Crippen molar-refractivity contribution in [1.82, 2.24) is 5.32 Å². The first-order valence-corrected chi connectivity index (χ1v) is 8.14. The number of esters is 1. The van der Waals surface area contributed by atoms with E-state index in [9.17, 15) is 9.59 Å². The molecule has 3 fully saturated rings. The molecule has 1 N–H and O–H groups in total. The highest BCUT2D eigenvalue weighted by Gasteiger charge is 2.52. The average molecular weight is 295 g/mol. The van der Waals surface area contributed by atoms with Gasteiger partial charge in [0.1, 0.15) is 0 Å². The van der Waals surface area contributed by atoms with Crippen LogP contribution in [-0.4, -0.2) is 37.7 Å². The van der Waals surface area contributed by atoms with Gasteiger partial charge < -0.3 is 14.8 Å². The lowest BCUT2D eigenvalue weighted by molar-refractivity contribution is -0.151. The molecule has 0 bridgehead atoms. The van der Waals surface area contributed by atoms with Gasteiger partial charge in [-0.3, -0.25) is 4.79 Å². The highest BCUT2D eigenvalue weighted by Crippen LogP contribution is 2.49. The van der Waals surface area contributed by atoms with Crippen molar-refractivity contribution in [2.24, 2.45) is 17.8 Å². The second-order valence-corrected chi connectivity index (χ2v) is 6.77. The van der Waals surface area contributed by atoms with E-state index in [1.807, 2.05) is 0 Å². The van der Waals surface area contributed by atoms with Crippen LogP contribution in [0.3, 0.4) is 0 Å². The van der Waals surface area contributed by atoms with Gasteiger partial charge in [0.05, 0.1) is 13.7 Å². The molecule has 1 saturated heterocycles. The van der Waals surface area contributed by atoms with Crippen molar-refractivity contribution < 1.29 is 19.1 Å².